The number of carbonyl (C=O) groups excluding carboxylic acids is 1. The number of amides is 1. The summed E-state index contributed by atoms with van der Waals surface area (Å²) >= 11 is 1.29. The molecule has 0 atom stereocenters. The third-order valence-corrected chi connectivity index (χ3v) is 7.14. The fraction of sp³-hybridized carbons (Fsp3) is 0.421. The number of hydrogen-bond acceptors (Lipinski definition) is 6. The van der Waals surface area contributed by atoms with Gasteiger partial charge in [0.15, 0.2) is 15.0 Å². The van der Waals surface area contributed by atoms with Crippen molar-refractivity contribution in [2.24, 2.45) is 0 Å². The maximum absolute atomic E-state index is 12.7. The van der Waals surface area contributed by atoms with Gasteiger partial charge in [-0.15, -0.1) is 16.8 Å². The first-order valence-corrected chi connectivity index (χ1v) is 11.9. The van der Waals surface area contributed by atoms with E-state index in [9.17, 15) is 13.2 Å². The molecule has 0 bridgehead atoms. The number of thioether (sulfide) groups is 1. The van der Waals surface area contributed by atoms with Crippen LogP contribution in [0, 0.1) is 0 Å². The zero-order valence-corrected chi connectivity index (χ0v) is 17.3. The molecule has 150 valence electrons. The lowest BCUT2D eigenvalue weighted by Crippen LogP contribution is -2.36. The topological polar surface area (TPSA) is 85.2 Å². The number of sulfone groups is 1. The van der Waals surface area contributed by atoms with Gasteiger partial charge in [0, 0.05) is 19.6 Å². The Bertz CT molecular complexity index is 920. The second-order valence-corrected chi connectivity index (χ2v) is 9.53. The molecule has 2 aromatic rings. The predicted octanol–water partition coefficient (Wildman–Crippen LogP) is 2.54. The molecular formula is C19H24N4O3S2. The first kappa shape index (κ1) is 20.6. The van der Waals surface area contributed by atoms with Crippen LogP contribution in [0.15, 0.2) is 53.0 Å². The van der Waals surface area contributed by atoms with E-state index in [1.54, 1.807) is 41.0 Å². The van der Waals surface area contributed by atoms with Crippen LogP contribution in [-0.2, 0) is 26.9 Å². The number of likely N-dealkylation sites (tertiary alicyclic amines) is 1. The summed E-state index contributed by atoms with van der Waals surface area (Å²) in [6.07, 6.45) is 4.93. The first-order chi connectivity index (χ1) is 13.5. The van der Waals surface area contributed by atoms with Gasteiger partial charge in [-0.25, -0.2) is 8.42 Å². The second-order valence-electron chi connectivity index (χ2n) is 6.60. The zero-order valence-electron chi connectivity index (χ0n) is 15.7. The van der Waals surface area contributed by atoms with Crippen LogP contribution in [0.2, 0.25) is 0 Å². The fourth-order valence-electron chi connectivity index (χ4n) is 3.09. The third-order valence-electron chi connectivity index (χ3n) is 4.56. The average Bonchev–Trinajstić information content (AvgIpc) is 3.08. The van der Waals surface area contributed by atoms with Gasteiger partial charge in [0.1, 0.15) is 11.6 Å². The van der Waals surface area contributed by atoms with Crippen LogP contribution < -0.4 is 0 Å². The molecule has 1 aliphatic heterocycles. The highest BCUT2D eigenvalue weighted by Gasteiger charge is 2.22. The van der Waals surface area contributed by atoms with Crippen molar-refractivity contribution in [2.75, 3.05) is 18.8 Å². The Labute approximate surface area is 169 Å². The monoisotopic (exact) mass is 420 g/mol. The summed E-state index contributed by atoms with van der Waals surface area (Å²) in [6, 6.07) is 8.28. The SMILES string of the molecule is C=CCn1c(CS(=O)(=O)c2ccccc2)nnc1SCC(=O)N1CCCCC1. The maximum Gasteiger partial charge on any atom is 0.233 e. The Morgan fingerprint density at radius 3 is 2.54 bits per heavy atom. The molecule has 0 unspecified atom stereocenters. The van der Waals surface area contributed by atoms with Crippen LogP contribution in [-0.4, -0.2) is 52.8 Å². The average molecular weight is 421 g/mol. The third kappa shape index (κ3) is 5.02. The number of allylic oxidation sites excluding steroid dienone is 1. The fourth-order valence-corrected chi connectivity index (χ4v) is 5.25. The molecule has 3 rings (SSSR count). The molecule has 7 nitrogen and oxygen atoms in total. The quantitative estimate of drug-likeness (QED) is 0.482. The van der Waals surface area contributed by atoms with E-state index < -0.39 is 9.84 Å². The summed E-state index contributed by atoms with van der Waals surface area (Å²) in [5.74, 6) is 0.437. The maximum atomic E-state index is 12.7. The van der Waals surface area contributed by atoms with Crippen LogP contribution in [0.5, 0.6) is 0 Å². The minimum Gasteiger partial charge on any atom is -0.342 e. The number of benzene rings is 1. The van der Waals surface area contributed by atoms with Crippen LogP contribution in [0.3, 0.4) is 0 Å². The Morgan fingerprint density at radius 1 is 1.14 bits per heavy atom. The molecule has 1 aliphatic rings. The lowest BCUT2D eigenvalue weighted by Gasteiger charge is -2.26. The highest BCUT2D eigenvalue weighted by Crippen LogP contribution is 2.22. The molecule has 0 spiro atoms. The van der Waals surface area contributed by atoms with E-state index in [4.69, 9.17) is 0 Å². The Balaban J connectivity index is 1.72. The molecule has 28 heavy (non-hydrogen) atoms. The minimum absolute atomic E-state index is 0.0799. The van der Waals surface area contributed by atoms with E-state index in [0.717, 1.165) is 25.9 Å². The largest absolute Gasteiger partial charge is 0.342 e. The van der Waals surface area contributed by atoms with Crippen molar-refractivity contribution in [2.45, 2.75) is 41.6 Å². The van der Waals surface area contributed by atoms with Gasteiger partial charge in [-0.2, -0.15) is 0 Å². The number of aromatic nitrogens is 3. The van der Waals surface area contributed by atoms with Crippen molar-refractivity contribution in [1.82, 2.24) is 19.7 Å². The summed E-state index contributed by atoms with van der Waals surface area (Å²) in [5.41, 5.74) is 0. The van der Waals surface area contributed by atoms with Gasteiger partial charge in [-0.1, -0.05) is 36.0 Å². The molecule has 0 saturated carbocycles. The summed E-state index contributed by atoms with van der Waals surface area (Å²) in [5, 5.41) is 8.73. The van der Waals surface area contributed by atoms with Crippen LogP contribution in [0.4, 0.5) is 0 Å². The van der Waals surface area contributed by atoms with Gasteiger partial charge >= 0.3 is 0 Å². The molecule has 0 radical (unpaired) electrons. The first-order valence-electron chi connectivity index (χ1n) is 9.22. The van der Waals surface area contributed by atoms with Crippen molar-refractivity contribution in [3.8, 4) is 0 Å². The molecule has 2 heterocycles. The number of rotatable bonds is 8. The van der Waals surface area contributed by atoms with Crippen molar-refractivity contribution in [3.05, 3.63) is 48.8 Å². The van der Waals surface area contributed by atoms with Crippen LogP contribution in [0.25, 0.3) is 0 Å². The standard InChI is InChI=1S/C19H24N4O3S2/c1-2-11-23-17(15-28(25,26)16-9-5-3-6-10-16)20-21-19(23)27-14-18(24)22-12-7-4-8-13-22/h2-3,5-6,9-10H,1,4,7-8,11-15H2. The molecule has 1 saturated heterocycles. The van der Waals surface area contributed by atoms with E-state index in [2.05, 4.69) is 16.8 Å². The van der Waals surface area contributed by atoms with E-state index in [1.807, 2.05) is 4.90 Å². The summed E-state index contributed by atoms with van der Waals surface area (Å²) in [4.78, 5) is 14.5. The highest BCUT2D eigenvalue weighted by atomic mass is 32.2. The van der Waals surface area contributed by atoms with Gasteiger partial charge in [0.2, 0.25) is 5.91 Å². The van der Waals surface area contributed by atoms with Gasteiger partial charge < -0.3 is 9.47 Å². The molecular weight excluding hydrogens is 396 g/mol. The molecule has 1 amide bonds. The molecule has 0 aliphatic carbocycles. The van der Waals surface area contributed by atoms with Crippen molar-refractivity contribution in [1.29, 1.82) is 0 Å². The summed E-state index contributed by atoms with van der Waals surface area (Å²) in [6.45, 7) is 5.72. The molecule has 1 aromatic heterocycles. The normalized spacial score (nSPS) is 14.8. The van der Waals surface area contributed by atoms with Gasteiger partial charge in [0.25, 0.3) is 0 Å². The molecule has 1 fully saturated rings. The van der Waals surface area contributed by atoms with Gasteiger partial charge in [-0.3, -0.25) is 4.79 Å². The molecule has 9 heteroatoms. The number of piperidine rings is 1. The number of nitrogens with zero attached hydrogens (tertiary/aromatic N) is 4. The molecule has 0 N–H and O–H groups in total. The van der Waals surface area contributed by atoms with E-state index in [1.165, 1.54) is 18.2 Å². The zero-order chi connectivity index (χ0) is 20.0. The Morgan fingerprint density at radius 2 is 1.86 bits per heavy atom. The smallest absolute Gasteiger partial charge is 0.233 e. The Hall–Kier alpha value is -2.13. The van der Waals surface area contributed by atoms with Crippen molar-refractivity contribution < 1.29 is 13.2 Å². The van der Waals surface area contributed by atoms with E-state index >= 15 is 0 Å². The van der Waals surface area contributed by atoms with Gasteiger partial charge in [0.05, 0.1) is 10.6 Å². The van der Waals surface area contributed by atoms with E-state index in [-0.39, 0.29) is 22.3 Å². The van der Waals surface area contributed by atoms with Crippen molar-refractivity contribution >= 4 is 27.5 Å². The van der Waals surface area contributed by atoms with Crippen LogP contribution in [0.1, 0.15) is 25.1 Å². The van der Waals surface area contributed by atoms with Gasteiger partial charge in [-0.05, 0) is 31.4 Å². The summed E-state index contributed by atoms with van der Waals surface area (Å²) in [7, 11) is -3.53. The van der Waals surface area contributed by atoms with Crippen molar-refractivity contribution in [3.63, 3.8) is 0 Å². The summed E-state index contributed by atoms with van der Waals surface area (Å²) < 4.78 is 27.0. The van der Waals surface area contributed by atoms with Crippen LogP contribution >= 0.6 is 11.8 Å². The number of hydrogen-bond donors (Lipinski definition) is 0. The Kier molecular flexibility index (Phi) is 6.90. The molecule has 1 aromatic carbocycles. The lowest BCUT2D eigenvalue weighted by atomic mass is 10.1. The minimum atomic E-state index is -3.53. The highest BCUT2D eigenvalue weighted by molar-refractivity contribution is 7.99. The second kappa shape index (κ2) is 9.38. The lowest BCUT2D eigenvalue weighted by molar-refractivity contribution is -0.129. The predicted molar refractivity (Wildman–Crippen MR) is 109 cm³/mol. The number of carbonyl (C=O) groups is 1. The van der Waals surface area contributed by atoms with E-state index in [0.29, 0.717) is 17.5 Å².